The van der Waals surface area contributed by atoms with E-state index in [1.165, 1.54) is 0 Å². The molecule has 2 N–H and O–H groups in total. The van der Waals surface area contributed by atoms with Crippen molar-refractivity contribution in [2.24, 2.45) is 0 Å². The van der Waals surface area contributed by atoms with E-state index in [9.17, 15) is 4.79 Å². The summed E-state index contributed by atoms with van der Waals surface area (Å²) in [5.74, 6) is 0. The second-order valence-corrected chi connectivity index (χ2v) is 5.04. The molecule has 0 saturated heterocycles. The largest absolute Gasteiger partial charge is 0.444 e. The first-order chi connectivity index (χ1) is 8.42. The molecule has 0 aliphatic heterocycles. The van der Waals surface area contributed by atoms with E-state index in [1.807, 2.05) is 52.0 Å². The standard InChI is InChI=1S/C14H22N2O2/c1-5-15-12-9-7-6-8-11(12)10-16-13(17)18-14(2,3)4/h6-9,15H,5,10H2,1-4H3,(H,16,17). The number of hydrogen-bond acceptors (Lipinski definition) is 3. The lowest BCUT2D eigenvalue weighted by molar-refractivity contribution is 0.0523. The normalized spacial score (nSPS) is 10.9. The highest BCUT2D eigenvalue weighted by Gasteiger charge is 2.15. The molecule has 1 amide bonds. The Morgan fingerprint density at radius 3 is 2.56 bits per heavy atom. The van der Waals surface area contributed by atoms with E-state index in [1.54, 1.807) is 0 Å². The van der Waals surface area contributed by atoms with Gasteiger partial charge in [-0.3, -0.25) is 0 Å². The molecule has 18 heavy (non-hydrogen) atoms. The summed E-state index contributed by atoms with van der Waals surface area (Å²) in [6.45, 7) is 8.89. The summed E-state index contributed by atoms with van der Waals surface area (Å²) in [6, 6.07) is 7.90. The summed E-state index contributed by atoms with van der Waals surface area (Å²) >= 11 is 0. The van der Waals surface area contributed by atoms with Gasteiger partial charge >= 0.3 is 6.09 Å². The van der Waals surface area contributed by atoms with Crippen molar-refractivity contribution in [2.75, 3.05) is 11.9 Å². The van der Waals surface area contributed by atoms with Crippen LogP contribution in [0, 0.1) is 0 Å². The highest BCUT2D eigenvalue weighted by molar-refractivity contribution is 5.68. The van der Waals surface area contributed by atoms with Gasteiger partial charge in [0, 0.05) is 18.8 Å². The molecule has 0 radical (unpaired) electrons. The molecule has 4 heteroatoms. The van der Waals surface area contributed by atoms with Crippen LogP contribution in [0.25, 0.3) is 0 Å². The molecule has 1 aromatic carbocycles. The lowest BCUT2D eigenvalue weighted by atomic mass is 10.1. The van der Waals surface area contributed by atoms with E-state index >= 15 is 0 Å². The van der Waals surface area contributed by atoms with Gasteiger partial charge in [-0.2, -0.15) is 0 Å². The van der Waals surface area contributed by atoms with Crippen LogP contribution in [-0.2, 0) is 11.3 Å². The van der Waals surface area contributed by atoms with Crippen molar-refractivity contribution in [3.8, 4) is 0 Å². The Bertz CT molecular complexity index is 397. The van der Waals surface area contributed by atoms with Crippen molar-refractivity contribution in [1.29, 1.82) is 0 Å². The van der Waals surface area contributed by atoms with Crippen LogP contribution >= 0.6 is 0 Å². The Balaban J connectivity index is 2.55. The summed E-state index contributed by atoms with van der Waals surface area (Å²) in [5, 5.41) is 6.01. The number of ether oxygens (including phenoxy) is 1. The van der Waals surface area contributed by atoms with Gasteiger partial charge in [0.15, 0.2) is 0 Å². The molecule has 0 spiro atoms. The average molecular weight is 250 g/mol. The Morgan fingerprint density at radius 2 is 1.94 bits per heavy atom. The number of hydrogen-bond donors (Lipinski definition) is 2. The smallest absolute Gasteiger partial charge is 0.407 e. The number of carbonyl (C=O) groups is 1. The van der Waals surface area contributed by atoms with Crippen LogP contribution in [0.3, 0.4) is 0 Å². The summed E-state index contributed by atoms with van der Waals surface area (Å²) in [5.41, 5.74) is 1.62. The van der Waals surface area contributed by atoms with E-state index in [-0.39, 0.29) is 0 Å². The third-order valence-corrected chi connectivity index (χ3v) is 2.21. The van der Waals surface area contributed by atoms with Gasteiger partial charge in [0.1, 0.15) is 5.60 Å². The van der Waals surface area contributed by atoms with Gasteiger partial charge in [0.05, 0.1) is 0 Å². The molecule has 0 fully saturated rings. The second-order valence-electron chi connectivity index (χ2n) is 5.04. The van der Waals surface area contributed by atoms with Gasteiger partial charge in [-0.1, -0.05) is 18.2 Å². The molecule has 0 unspecified atom stereocenters. The molecule has 0 aliphatic carbocycles. The number of nitrogens with one attached hydrogen (secondary N) is 2. The van der Waals surface area contributed by atoms with Crippen LogP contribution in [0.5, 0.6) is 0 Å². The molecular formula is C14H22N2O2. The number of alkyl carbamates (subject to hydrolysis) is 1. The average Bonchev–Trinajstić information content (AvgIpc) is 2.26. The molecule has 4 nitrogen and oxygen atoms in total. The zero-order valence-electron chi connectivity index (χ0n) is 11.5. The van der Waals surface area contributed by atoms with Crippen LogP contribution in [0.2, 0.25) is 0 Å². The lowest BCUT2D eigenvalue weighted by Gasteiger charge is -2.20. The second kappa shape index (κ2) is 6.28. The van der Waals surface area contributed by atoms with Gasteiger partial charge in [0.2, 0.25) is 0 Å². The van der Waals surface area contributed by atoms with Gasteiger partial charge in [-0.25, -0.2) is 4.79 Å². The molecule has 1 aromatic rings. The zero-order chi connectivity index (χ0) is 13.6. The molecule has 0 bridgehead atoms. The first-order valence-corrected chi connectivity index (χ1v) is 6.21. The molecule has 0 aliphatic rings. The molecule has 0 saturated carbocycles. The van der Waals surface area contributed by atoms with Crippen LogP contribution < -0.4 is 10.6 Å². The minimum absolute atomic E-state index is 0.395. The maximum atomic E-state index is 11.5. The number of rotatable bonds is 4. The third-order valence-electron chi connectivity index (χ3n) is 2.21. The maximum Gasteiger partial charge on any atom is 0.407 e. The highest BCUT2D eigenvalue weighted by atomic mass is 16.6. The Kier molecular flexibility index (Phi) is 5.01. The van der Waals surface area contributed by atoms with Gasteiger partial charge in [0.25, 0.3) is 0 Å². The first kappa shape index (κ1) is 14.4. The van der Waals surface area contributed by atoms with E-state index in [2.05, 4.69) is 10.6 Å². The minimum Gasteiger partial charge on any atom is -0.444 e. The van der Waals surface area contributed by atoms with Gasteiger partial charge in [-0.05, 0) is 39.3 Å². The van der Waals surface area contributed by atoms with Crippen LogP contribution in [-0.4, -0.2) is 18.2 Å². The van der Waals surface area contributed by atoms with Crippen molar-refractivity contribution in [2.45, 2.75) is 39.8 Å². The predicted molar refractivity (Wildman–Crippen MR) is 73.7 cm³/mol. The minimum atomic E-state index is -0.467. The summed E-state index contributed by atoms with van der Waals surface area (Å²) in [4.78, 5) is 11.5. The van der Waals surface area contributed by atoms with Crippen molar-refractivity contribution in [3.05, 3.63) is 29.8 Å². The molecular weight excluding hydrogens is 228 g/mol. The monoisotopic (exact) mass is 250 g/mol. The van der Waals surface area contributed by atoms with Crippen molar-refractivity contribution in [1.82, 2.24) is 5.32 Å². The number of benzene rings is 1. The molecule has 0 heterocycles. The lowest BCUT2D eigenvalue weighted by Crippen LogP contribution is -2.32. The Labute approximate surface area is 109 Å². The topological polar surface area (TPSA) is 50.4 Å². The quantitative estimate of drug-likeness (QED) is 0.863. The van der Waals surface area contributed by atoms with Gasteiger partial charge < -0.3 is 15.4 Å². The Hall–Kier alpha value is -1.71. The van der Waals surface area contributed by atoms with E-state index in [4.69, 9.17) is 4.74 Å². The number of para-hydroxylation sites is 1. The van der Waals surface area contributed by atoms with Crippen molar-refractivity contribution < 1.29 is 9.53 Å². The number of amides is 1. The molecule has 100 valence electrons. The molecule has 0 aromatic heterocycles. The summed E-state index contributed by atoms with van der Waals surface area (Å²) in [6.07, 6.45) is -0.395. The van der Waals surface area contributed by atoms with Gasteiger partial charge in [-0.15, -0.1) is 0 Å². The van der Waals surface area contributed by atoms with E-state index in [0.29, 0.717) is 6.54 Å². The highest BCUT2D eigenvalue weighted by Crippen LogP contribution is 2.14. The van der Waals surface area contributed by atoms with E-state index in [0.717, 1.165) is 17.8 Å². The fourth-order valence-corrected chi connectivity index (χ4v) is 1.52. The van der Waals surface area contributed by atoms with Crippen LogP contribution in [0.4, 0.5) is 10.5 Å². The number of anilines is 1. The van der Waals surface area contributed by atoms with Crippen molar-refractivity contribution in [3.63, 3.8) is 0 Å². The fraction of sp³-hybridized carbons (Fsp3) is 0.500. The van der Waals surface area contributed by atoms with Crippen LogP contribution in [0.15, 0.2) is 24.3 Å². The zero-order valence-corrected chi connectivity index (χ0v) is 11.5. The predicted octanol–water partition coefficient (Wildman–Crippen LogP) is 3.14. The fourth-order valence-electron chi connectivity index (χ4n) is 1.52. The first-order valence-electron chi connectivity index (χ1n) is 6.21. The van der Waals surface area contributed by atoms with E-state index < -0.39 is 11.7 Å². The molecule has 0 atom stereocenters. The summed E-state index contributed by atoms with van der Waals surface area (Å²) < 4.78 is 5.19. The number of carbonyl (C=O) groups excluding carboxylic acids is 1. The third kappa shape index (κ3) is 5.08. The summed E-state index contributed by atoms with van der Waals surface area (Å²) in [7, 11) is 0. The van der Waals surface area contributed by atoms with Crippen molar-refractivity contribution >= 4 is 11.8 Å². The molecule has 1 rings (SSSR count). The maximum absolute atomic E-state index is 11.5. The Morgan fingerprint density at radius 1 is 1.28 bits per heavy atom. The SMILES string of the molecule is CCNc1ccccc1CNC(=O)OC(C)(C)C. The van der Waals surface area contributed by atoms with Crippen LogP contribution in [0.1, 0.15) is 33.3 Å².